The van der Waals surface area contributed by atoms with Gasteiger partial charge in [-0.2, -0.15) is 5.10 Å². The second-order valence-electron chi connectivity index (χ2n) is 8.73. The van der Waals surface area contributed by atoms with E-state index < -0.39 is 5.97 Å². The number of rotatable bonds is 5. The molecule has 4 aromatic rings. The van der Waals surface area contributed by atoms with Crippen LogP contribution in [0.2, 0.25) is 0 Å². The molecule has 2 atom stereocenters. The van der Waals surface area contributed by atoms with E-state index in [1.165, 1.54) is 0 Å². The molecule has 0 radical (unpaired) electrons. The van der Waals surface area contributed by atoms with Crippen molar-refractivity contribution in [3.05, 3.63) is 96.2 Å². The van der Waals surface area contributed by atoms with Crippen LogP contribution in [-0.4, -0.2) is 45.2 Å². The highest BCUT2D eigenvalue weighted by atomic mass is 16.5. The molecule has 0 spiro atoms. The van der Waals surface area contributed by atoms with Crippen molar-refractivity contribution < 1.29 is 14.3 Å². The third kappa shape index (κ3) is 4.23. The zero-order valence-electron chi connectivity index (χ0n) is 20.0. The number of carbonyl (C=O) groups excluding carboxylic acids is 2. The van der Waals surface area contributed by atoms with E-state index in [0.717, 1.165) is 27.7 Å². The van der Waals surface area contributed by atoms with E-state index in [1.54, 1.807) is 17.7 Å². The third-order valence-electron chi connectivity index (χ3n) is 6.38. The predicted molar refractivity (Wildman–Crippen MR) is 137 cm³/mol. The van der Waals surface area contributed by atoms with Gasteiger partial charge < -0.3 is 9.64 Å². The Balaban J connectivity index is 1.54. The van der Waals surface area contributed by atoms with Crippen molar-refractivity contribution in [2.45, 2.75) is 32.9 Å². The Hall–Kier alpha value is -4.19. The summed E-state index contributed by atoms with van der Waals surface area (Å²) in [4.78, 5) is 27.4. The molecule has 0 aliphatic carbocycles. The van der Waals surface area contributed by atoms with Gasteiger partial charge >= 0.3 is 5.97 Å². The second kappa shape index (κ2) is 9.22. The first-order chi connectivity index (χ1) is 17.0. The lowest BCUT2D eigenvalue weighted by Gasteiger charge is -2.26. The number of hydrogen-bond donors (Lipinski definition) is 0. The molecule has 176 valence electrons. The summed E-state index contributed by atoms with van der Waals surface area (Å²) in [6.45, 7) is 6.08. The van der Waals surface area contributed by atoms with Crippen molar-refractivity contribution in [2.24, 2.45) is 0 Å². The Morgan fingerprint density at radius 2 is 1.57 bits per heavy atom. The lowest BCUT2D eigenvalue weighted by Crippen LogP contribution is -2.39. The molecule has 2 heterocycles. The molecule has 1 aromatic heterocycles. The molecule has 0 saturated carbocycles. The summed E-state index contributed by atoms with van der Waals surface area (Å²) in [6.07, 6.45) is 4.10. The van der Waals surface area contributed by atoms with Crippen LogP contribution >= 0.6 is 0 Å². The van der Waals surface area contributed by atoms with Crippen LogP contribution in [0.5, 0.6) is 0 Å². The van der Waals surface area contributed by atoms with E-state index in [-0.39, 0.29) is 30.3 Å². The molecule has 0 bridgehead atoms. The Morgan fingerprint density at radius 3 is 2.26 bits per heavy atom. The molecular formula is C29H27N3O3. The fraction of sp³-hybridized carbons (Fsp3) is 0.207. The average Bonchev–Trinajstić information content (AvgIpc) is 3.47. The van der Waals surface area contributed by atoms with Crippen LogP contribution in [0.25, 0.3) is 27.7 Å². The van der Waals surface area contributed by atoms with Gasteiger partial charge in [0.05, 0.1) is 18.0 Å². The monoisotopic (exact) mass is 465 g/mol. The van der Waals surface area contributed by atoms with Crippen LogP contribution in [0.4, 0.5) is 0 Å². The van der Waals surface area contributed by atoms with Gasteiger partial charge in [-0.05, 0) is 67.9 Å². The van der Waals surface area contributed by atoms with Gasteiger partial charge in [-0.3, -0.25) is 4.79 Å². The Bertz CT molecular complexity index is 1420. The Labute approximate surface area is 204 Å². The molecule has 0 fully saturated rings. The quantitative estimate of drug-likeness (QED) is 0.282. The van der Waals surface area contributed by atoms with Gasteiger partial charge in [-0.15, -0.1) is 0 Å². The van der Waals surface area contributed by atoms with E-state index in [9.17, 15) is 9.59 Å². The van der Waals surface area contributed by atoms with Crippen LogP contribution in [0.1, 0.15) is 41.6 Å². The van der Waals surface area contributed by atoms with Crippen LogP contribution in [0.3, 0.4) is 0 Å². The first-order valence-corrected chi connectivity index (χ1v) is 11.8. The van der Waals surface area contributed by atoms with Crippen LogP contribution in [-0.2, 0) is 4.74 Å². The standard InChI is InChI=1S/C29H27N3O3/c1-4-35-29(34)26-18-27(24-12-11-21-7-5-6-8-23(21)17-24)32(30-26)25-15-13-22(14-16-25)28(33)31-19(2)9-10-20(31)3/h5-20H,4H2,1-3H3/t19-,20-/m0/s1. The van der Waals surface area contributed by atoms with E-state index in [1.807, 2.05) is 73.4 Å². The lowest BCUT2D eigenvalue weighted by molar-refractivity contribution is 0.0518. The van der Waals surface area contributed by atoms with Gasteiger partial charge in [0, 0.05) is 23.2 Å². The Morgan fingerprint density at radius 1 is 0.886 bits per heavy atom. The highest BCUT2D eigenvalue weighted by molar-refractivity contribution is 5.95. The fourth-order valence-corrected chi connectivity index (χ4v) is 4.58. The molecule has 6 heteroatoms. The summed E-state index contributed by atoms with van der Waals surface area (Å²) in [5.41, 5.74) is 3.30. The predicted octanol–water partition coefficient (Wildman–Crippen LogP) is 5.66. The summed E-state index contributed by atoms with van der Waals surface area (Å²) in [5.74, 6) is -0.478. The second-order valence-corrected chi connectivity index (χ2v) is 8.73. The maximum Gasteiger partial charge on any atom is 0.358 e. The highest BCUT2D eigenvalue weighted by Crippen LogP contribution is 2.28. The van der Waals surface area contributed by atoms with Crippen molar-refractivity contribution in [1.82, 2.24) is 14.7 Å². The number of ether oxygens (including phenoxy) is 1. The normalized spacial score (nSPS) is 17.2. The maximum atomic E-state index is 13.1. The summed E-state index contributed by atoms with van der Waals surface area (Å²) in [7, 11) is 0. The van der Waals surface area contributed by atoms with Crippen molar-refractivity contribution in [3.8, 4) is 16.9 Å². The number of esters is 1. The van der Waals surface area contributed by atoms with Crippen LogP contribution in [0.15, 0.2) is 84.9 Å². The van der Waals surface area contributed by atoms with Gasteiger partial charge in [0.15, 0.2) is 5.69 Å². The smallest absolute Gasteiger partial charge is 0.358 e. The molecule has 1 aliphatic heterocycles. The minimum atomic E-state index is -0.468. The molecule has 0 N–H and O–H groups in total. The topological polar surface area (TPSA) is 64.4 Å². The summed E-state index contributed by atoms with van der Waals surface area (Å²) < 4.78 is 6.92. The molecule has 5 rings (SSSR count). The molecule has 35 heavy (non-hydrogen) atoms. The van der Waals surface area contributed by atoms with Gasteiger partial charge in [-0.1, -0.05) is 48.6 Å². The van der Waals surface area contributed by atoms with Crippen LogP contribution in [0, 0.1) is 0 Å². The number of fused-ring (bicyclic) bond motifs is 1. The molecule has 0 unspecified atom stereocenters. The van der Waals surface area contributed by atoms with Crippen molar-refractivity contribution in [3.63, 3.8) is 0 Å². The van der Waals surface area contributed by atoms with Crippen LogP contribution < -0.4 is 0 Å². The number of nitrogens with zero attached hydrogens (tertiary/aromatic N) is 3. The number of carbonyl (C=O) groups is 2. The van der Waals surface area contributed by atoms with Gasteiger partial charge in [0.1, 0.15) is 0 Å². The minimum Gasteiger partial charge on any atom is -0.461 e. The van der Waals surface area contributed by atoms with E-state index >= 15 is 0 Å². The zero-order valence-corrected chi connectivity index (χ0v) is 20.0. The maximum absolute atomic E-state index is 13.1. The molecular weight excluding hydrogens is 438 g/mol. The van der Waals surface area contributed by atoms with Crippen molar-refractivity contribution in [2.75, 3.05) is 6.61 Å². The number of aromatic nitrogens is 2. The van der Waals surface area contributed by atoms with E-state index in [2.05, 4.69) is 29.4 Å². The largest absolute Gasteiger partial charge is 0.461 e. The fourth-order valence-electron chi connectivity index (χ4n) is 4.58. The molecule has 6 nitrogen and oxygen atoms in total. The molecule has 1 amide bonds. The SMILES string of the molecule is CCOC(=O)c1cc(-c2ccc3ccccc3c2)n(-c2ccc(C(=O)N3[C@@H](C)C=C[C@@H]3C)cc2)n1. The molecule has 0 saturated heterocycles. The van der Waals surface area contributed by atoms with Gasteiger partial charge in [-0.25, -0.2) is 9.48 Å². The third-order valence-corrected chi connectivity index (χ3v) is 6.38. The molecule has 1 aliphatic rings. The van der Waals surface area contributed by atoms with Crippen molar-refractivity contribution >= 4 is 22.6 Å². The average molecular weight is 466 g/mol. The lowest BCUT2D eigenvalue weighted by atomic mass is 10.0. The molecule has 3 aromatic carbocycles. The number of amides is 1. The minimum absolute atomic E-state index is 0.0102. The number of benzene rings is 3. The van der Waals surface area contributed by atoms with E-state index in [0.29, 0.717) is 5.56 Å². The van der Waals surface area contributed by atoms with E-state index in [4.69, 9.17) is 4.74 Å². The van der Waals surface area contributed by atoms with Gasteiger partial charge in [0.2, 0.25) is 0 Å². The summed E-state index contributed by atoms with van der Waals surface area (Å²) >= 11 is 0. The first-order valence-electron chi connectivity index (χ1n) is 11.8. The number of hydrogen-bond acceptors (Lipinski definition) is 4. The highest BCUT2D eigenvalue weighted by Gasteiger charge is 2.28. The first kappa shape index (κ1) is 22.6. The van der Waals surface area contributed by atoms with Gasteiger partial charge in [0.25, 0.3) is 5.91 Å². The summed E-state index contributed by atoms with van der Waals surface area (Å²) in [6, 6.07) is 23.5. The van der Waals surface area contributed by atoms with Crippen molar-refractivity contribution in [1.29, 1.82) is 0 Å². The summed E-state index contributed by atoms with van der Waals surface area (Å²) in [5, 5.41) is 6.80. The zero-order chi connectivity index (χ0) is 24.5. The Kier molecular flexibility index (Phi) is 5.95.